The average Bonchev–Trinajstić information content (AvgIpc) is 3.30. The molecule has 0 aliphatic carbocycles. The number of fused-ring (bicyclic) bond motifs is 1. The number of nitrogens with one attached hydrogen (secondary N) is 1. The first-order valence-corrected chi connectivity index (χ1v) is 11.0. The Kier molecular flexibility index (Phi) is 5.90. The highest BCUT2D eigenvalue weighted by Crippen LogP contribution is 2.33. The van der Waals surface area contributed by atoms with Gasteiger partial charge in [0, 0.05) is 25.0 Å². The van der Waals surface area contributed by atoms with Gasteiger partial charge >= 0.3 is 0 Å². The van der Waals surface area contributed by atoms with Crippen molar-refractivity contribution in [1.29, 1.82) is 0 Å². The molecule has 1 atom stereocenters. The lowest BCUT2D eigenvalue weighted by Gasteiger charge is -2.34. The summed E-state index contributed by atoms with van der Waals surface area (Å²) in [5, 5.41) is 3.27. The van der Waals surface area contributed by atoms with Crippen molar-refractivity contribution in [2.24, 2.45) is 0 Å². The van der Waals surface area contributed by atoms with Gasteiger partial charge in [0.2, 0.25) is 5.95 Å². The van der Waals surface area contributed by atoms with Crippen LogP contribution in [0.25, 0.3) is 5.69 Å². The Morgan fingerprint density at radius 1 is 1.15 bits per heavy atom. The van der Waals surface area contributed by atoms with Crippen LogP contribution in [0.2, 0.25) is 0 Å². The van der Waals surface area contributed by atoms with Crippen LogP contribution in [-0.4, -0.2) is 52.9 Å². The van der Waals surface area contributed by atoms with Gasteiger partial charge in [0.15, 0.2) is 11.6 Å². The number of methoxy groups -OCH3 is 1. The number of anilines is 3. The third kappa shape index (κ3) is 4.45. The molecule has 9 nitrogen and oxygen atoms in total. The highest BCUT2D eigenvalue weighted by atomic mass is 16.5. The molecule has 0 fully saturated rings. The lowest BCUT2D eigenvalue weighted by atomic mass is 10.2. The molecule has 0 spiro atoms. The Balaban J connectivity index is 1.32. The Hall–Kier alpha value is -4.27. The van der Waals surface area contributed by atoms with Gasteiger partial charge in [-0.05, 0) is 31.2 Å². The molecule has 2 aromatic carbocycles. The van der Waals surface area contributed by atoms with Crippen molar-refractivity contribution in [2.45, 2.75) is 13.0 Å². The van der Waals surface area contributed by atoms with E-state index in [-0.39, 0.29) is 6.04 Å². The molecule has 0 bridgehead atoms. The molecule has 0 saturated carbocycles. The molecule has 0 amide bonds. The van der Waals surface area contributed by atoms with Crippen molar-refractivity contribution in [1.82, 2.24) is 19.5 Å². The summed E-state index contributed by atoms with van der Waals surface area (Å²) in [7, 11) is 3.63. The Bertz CT molecular complexity index is 1280. The second-order valence-electron chi connectivity index (χ2n) is 8.02. The van der Waals surface area contributed by atoms with E-state index in [9.17, 15) is 0 Å². The molecule has 3 heterocycles. The molecule has 9 heteroatoms. The van der Waals surface area contributed by atoms with Gasteiger partial charge in [-0.15, -0.1) is 0 Å². The van der Waals surface area contributed by atoms with Crippen molar-refractivity contribution in [3.63, 3.8) is 0 Å². The fraction of sp³-hybridized carbons (Fsp3) is 0.240. The monoisotopic (exact) mass is 458 g/mol. The number of para-hydroxylation sites is 1. The number of aryl methyl sites for hydroxylation is 1. The maximum absolute atomic E-state index is 5.93. The Labute approximate surface area is 198 Å². The van der Waals surface area contributed by atoms with E-state index in [4.69, 9.17) is 19.2 Å². The topological polar surface area (TPSA) is 86.6 Å². The first-order chi connectivity index (χ1) is 16.6. The van der Waals surface area contributed by atoms with E-state index in [1.54, 1.807) is 19.6 Å². The zero-order chi connectivity index (χ0) is 23.5. The quantitative estimate of drug-likeness (QED) is 0.445. The number of hydrogen-bond acceptors (Lipinski definition) is 8. The largest absolute Gasteiger partial charge is 0.494 e. The lowest BCUT2D eigenvalue weighted by Crippen LogP contribution is -2.45. The van der Waals surface area contributed by atoms with Crippen LogP contribution in [0, 0.1) is 6.92 Å². The second kappa shape index (κ2) is 9.30. The van der Waals surface area contributed by atoms with E-state index in [1.165, 1.54) is 0 Å². The summed E-state index contributed by atoms with van der Waals surface area (Å²) in [4.78, 5) is 15.5. The van der Waals surface area contributed by atoms with Crippen molar-refractivity contribution in [2.75, 3.05) is 37.6 Å². The van der Waals surface area contributed by atoms with E-state index in [1.807, 2.05) is 73.3 Å². The molecule has 0 unspecified atom stereocenters. The average molecular weight is 459 g/mol. The first-order valence-electron chi connectivity index (χ1n) is 11.0. The fourth-order valence-corrected chi connectivity index (χ4v) is 3.77. The van der Waals surface area contributed by atoms with Crippen LogP contribution < -0.4 is 24.4 Å². The predicted molar refractivity (Wildman–Crippen MR) is 130 cm³/mol. The Morgan fingerprint density at radius 2 is 2.00 bits per heavy atom. The molecular weight excluding hydrogens is 432 g/mol. The second-order valence-corrected chi connectivity index (χ2v) is 8.02. The molecular formula is C25H26N6O3. The molecule has 34 heavy (non-hydrogen) atoms. The summed E-state index contributed by atoms with van der Waals surface area (Å²) in [6, 6.07) is 15.6. The highest BCUT2D eigenvalue weighted by Gasteiger charge is 2.27. The summed E-state index contributed by atoms with van der Waals surface area (Å²) in [5.41, 5.74) is 2.64. The summed E-state index contributed by atoms with van der Waals surface area (Å²) >= 11 is 0. The van der Waals surface area contributed by atoms with Crippen LogP contribution in [0.3, 0.4) is 0 Å². The van der Waals surface area contributed by atoms with E-state index in [0.29, 0.717) is 36.5 Å². The molecule has 4 aromatic rings. The normalized spacial score (nSPS) is 14.8. The third-order valence-electron chi connectivity index (χ3n) is 5.66. The number of rotatable bonds is 7. The van der Waals surface area contributed by atoms with E-state index in [0.717, 1.165) is 22.8 Å². The van der Waals surface area contributed by atoms with E-state index < -0.39 is 0 Å². The van der Waals surface area contributed by atoms with Crippen LogP contribution in [0.5, 0.6) is 17.2 Å². The number of nitrogens with zero attached hydrogens (tertiary/aromatic N) is 5. The van der Waals surface area contributed by atoms with Crippen LogP contribution in [0.4, 0.5) is 17.5 Å². The van der Waals surface area contributed by atoms with Crippen molar-refractivity contribution in [3.05, 3.63) is 72.9 Å². The summed E-state index contributed by atoms with van der Waals surface area (Å²) in [6.07, 6.45) is 5.40. The molecule has 174 valence electrons. The molecule has 1 aliphatic heterocycles. The molecule has 0 saturated heterocycles. The minimum Gasteiger partial charge on any atom is -0.494 e. The molecule has 1 N–H and O–H groups in total. The summed E-state index contributed by atoms with van der Waals surface area (Å²) in [6.45, 7) is 2.93. The maximum atomic E-state index is 5.93. The maximum Gasteiger partial charge on any atom is 0.229 e. The number of benzene rings is 2. The van der Waals surface area contributed by atoms with Crippen LogP contribution in [0.15, 0.2) is 67.3 Å². The standard InChI is InChI=1S/C25H26N6O3/c1-17-13-31(16-27-17)21-10-9-18(11-22(21)32-3)28-25-26-12-23-24(29-25)30(2)19(15-34-23)14-33-20-7-5-4-6-8-20/h4-13,16,19H,14-15H2,1-3H3,(H,26,28,29)/t19-/m0/s1. The van der Waals surface area contributed by atoms with Gasteiger partial charge in [0.1, 0.15) is 24.7 Å². The zero-order valence-electron chi connectivity index (χ0n) is 19.3. The van der Waals surface area contributed by atoms with Gasteiger partial charge in [-0.25, -0.2) is 9.97 Å². The van der Waals surface area contributed by atoms with Gasteiger partial charge in [-0.2, -0.15) is 4.98 Å². The number of imidazole rings is 1. The zero-order valence-corrected chi connectivity index (χ0v) is 19.3. The summed E-state index contributed by atoms with van der Waals surface area (Å²) < 4.78 is 19.4. The van der Waals surface area contributed by atoms with E-state index in [2.05, 4.69) is 20.2 Å². The van der Waals surface area contributed by atoms with Gasteiger partial charge in [-0.3, -0.25) is 0 Å². The molecule has 0 radical (unpaired) electrons. The number of ether oxygens (including phenoxy) is 3. The van der Waals surface area contributed by atoms with Crippen molar-refractivity contribution in [3.8, 4) is 22.9 Å². The summed E-state index contributed by atoms with van der Waals surface area (Å²) in [5.74, 6) is 3.36. The van der Waals surface area contributed by atoms with Gasteiger partial charge in [-0.1, -0.05) is 18.2 Å². The first kappa shape index (κ1) is 21.6. The lowest BCUT2D eigenvalue weighted by molar-refractivity contribution is 0.202. The SMILES string of the molecule is COc1cc(Nc2ncc3c(n2)N(C)[C@@H](COc2ccccc2)CO3)ccc1-n1cnc(C)c1. The predicted octanol–water partition coefficient (Wildman–Crippen LogP) is 4.00. The number of aromatic nitrogens is 4. The molecule has 5 rings (SSSR count). The number of hydrogen-bond donors (Lipinski definition) is 1. The number of likely N-dealkylation sites (N-methyl/N-ethyl adjacent to an activating group) is 1. The van der Waals surface area contributed by atoms with Crippen LogP contribution in [0.1, 0.15) is 5.69 Å². The van der Waals surface area contributed by atoms with Crippen molar-refractivity contribution < 1.29 is 14.2 Å². The van der Waals surface area contributed by atoms with Crippen molar-refractivity contribution >= 4 is 17.5 Å². The van der Waals surface area contributed by atoms with Gasteiger partial charge in [0.05, 0.1) is 37.1 Å². The van der Waals surface area contributed by atoms with E-state index >= 15 is 0 Å². The molecule has 1 aliphatic rings. The smallest absolute Gasteiger partial charge is 0.229 e. The minimum absolute atomic E-state index is 0.0217. The third-order valence-corrected chi connectivity index (χ3v) is 5.66. The highest BCUT2D eigenvalue weighted by molar-refractivity contribution is 5.64. The van der Waals surface area contributed by atoms with Crippen LogP contribution in [-0.2, 0) is 0 Å². The fourth-order valence-electron chi connectivity index (χ4n) is 3.77. The minimum atomic E-state index is 0.0217. The van der Waals surface area contributed by atoms with Gasteiger partial charge < -0.3 is 29.0 Å². The van der Waals surface area contributed by atoms with Crippen LogP contribution >= 0.6 is 0 Å². The van der Waals surface area contributed by atoms with Gasteiger partial charge in [0.25, 0.3) is 0 Å². The Morgan fingerprint density at radius 3 is 2.76 bits per heavy atom. The molecule has 2 aromatic heterocycles.